The molecule has 0 aliphatic rings. The van der Waals surface area contributed by atoms with E-state index in [9.17, 15) is 4.79 Å². The fourth-order valence-corrected chi connectivity index (χ4v) is 1.15. The Morgan fingerprint density at radius 3 is 2.47 bits per heavy atom. The molecule has 1 amide bonds. The maximum atomic E-state index is 10.4. The summed E-state index contributed by atoms with van der Waals surface area (Å²) < 4.78 is 0. The zero-order chi connectivity index (χ0) is 11.1. The number of primary amides is 1. The van der Waals surface area contributed by atoms with Gasteiger partial charge in [-0.3, -0.25) is 4.79 Å². The summed E-state index contributed by atoms with van der Waals surface area (Å²) in [7, 11) is 0. The second-order valence-corrected chi connectivity index (χ2v) is 3.18. The number of benzene rings is 1. The van der Waals surface area contributed by atoms with Gasteiger partial charge in [0, 0.05) is 5.56 Å². The monoisotopic (exact) mass is 202 g/mol. The van der Waals surface area contributed by atoms with Gasteiger partial charge < -0.3 is 11.5 Å². The molecule has 4 N–H and O–H groups in total. The fraction of sp³-hybridized carbons (Fsp3) is 0.250. The van der Waals surface area contributed by atoms with Crippen LogP contribution in [0.4, 0.5) is 0 Å². The SMILES string of the molecule is NCCc1ccc(C#CCC(N)=O)cc1. The standard InChI is InChI=1S/C12H14N2O/c13-9-8-11-6-4-10(5-7-11)2-1-3-12(14)15/h4-7H,3,8-9,13H2,(H2,14,15). The van der Waals surface area contributed by atoms with Crippen molar-refractivity contribution in [3.63, 3.8) is 0 Å². The molecule has 1 aromatic rings. The van der Waals surface area contributed by atoms with Crippen LogP contribution in [0.15, 0.2) is 24.3 Å². The molecule has 0 heterocycles. The summed E-state index contributed by atoms with van der Waals surface area (Å²) in [5.41, 5.74) is 12.5. The minimum Gasteiger partial charge on any atom is -0.369 e. The topological polar surface area (TPSA) is 69.1 Å². The lowest BCUT2D eigenvalue weighted by molar-refractivity contribution is -0.117. The normalized spacial score (nSPS) is 9.13. The predicted octanol–water partition coefficient (Wildman–Crippen LogP) is 0.415. The van der Waals surface area contributed by atoms with Crippen LogP contribution in [0.2, 0.25) is 0 Å². The molecule has 1 rings (SSSR count). The molecule has 0 unspecified atom stereocenters. The third-order valence-electron chi connectivity index (χ3n) is 1.88. The maximum absolute atomic E-state index is 10.4. The Hall–Kier alpha value is -1.79. The van der Waals surface area contributed by atoms with Gasteiger partial charge in [0.1, 0.15) is 0 Å². The summed E-state index contributed by atoms with van der Waals surface area (Å²) in [5, 5.41) is 0. The average Bonchev–Trinajstić information content (AvgIpc) is 2.20. The molecular weight excluding hydrogens is 188 g/mol. The van der Waals surface area contributed by atoms with E-state index in [1.54, 1.807) is 0 Å². The van der Waals surface area contributed by atoms with E-state index >= 15 is 0 Å². The molecule has 0 atom stereocenters. The molecule has 0 aliphatic carbocycles. The van der Waals surface area contributed by atoms with E-state index in [4.69, 9.17) is 11.5 Å². The minimum absolute atomic E-state index is 0.102. The highest BCUT2D eigenvalue weighted by atomic mass is 16.1. The van der Waals surface area contributed by atoms with E-state index in [0.29, 0.717) is 6.54 Å². The van der Waals surface area contributed by atoms with Gasteiger partial charge >= 0.3 is 0 Å². The first-order valence-corrected chi connectivity index (χ1v) is 4.78. The zero-order valence-electron chi connectivity index (χ0n) is 8.49. The van der Waals surface area contributed by atoms with Crippen LogP contribution in [0.25, 0.3) is 0 Å². The molecule has 0 fully saturated rings. The van der Waals surface area contributed by atoms with Crippen molar-refractivity contribution in [1.82, 2.24) is 0 Å². The average molecular weight is 202 g/mol. The van der Waals surface area contributed by atoms with Gasteiger partial charge in [0.25, 0.3) is 0 Å². The lowest BCUT2D eigenvalue weighted by Gasteiger charge is -1.97. The number of carbonyl (C=O) groups is 1. The first-order valence-electron chi connectivity index (χ1n) is 4.78. The second-order valence-electron chi connectivity index (χ2n) is 3.18. The molecule has 0 spiro atoms. The van der Waals surface area contributed by atoms with E-state index in [-0.39, 0.29) is 6.42 Å². The number of rotatable bonds is 3. The van der Waals surface area contributed by atoms with Crippen molar-refractivity contribution in [2.24, 2.45) is 11.5 Å². The van der Waals surface area contributed by atoms with Crippen LogP contribution in [0, 0.1) is 11.8 Å². The van der Waals surface area contributed by atoms with Crippen LogP contribution >= 0.6 is 0 Å². The molecule has 0 radical (unpaired) electrons. The van der Waals surface area contributed by atoms with E-state index < -0.39 is 5.91 Å². The van der Waals surface area contributed by atoms with E-state index in [1.165, 1.54) is 5.56 Å². The summed E-state index contributed by atoms with van der Waals surface area (Å²) in [6, 6.07) is 7.81. The van der Waals surface area contributed by atoms with Gasteiger partial charge in [0.15, 0.2) is 0 Å². The van der Waals surface area contributed by atoms with Crippen LogP contribution in [0.5, 0.6) is 0 Å². The van der Waals surface area contributed by atoms with Crippen molar-refractivity contribution in [2.45, 2.75) is 12.8 Å². The Kier molecular flexibility index (Phi) is 4.39. The van der Waals surface area contributed by atoms with Crippen LogP contribution in [-0.4, -0.2) is 12.5 Å². The van der Waals surface area contributed by atoms with E-state index in [0.717, 1.165) is 12.0 Å². The molecule has 0 saturated heterocycles. The molecule has 0 saturated carbocycles. The van der Waals surface area contributed by atoms with Gasteiger partial charge in [-0.05, 0) is 30.7 Å². The van der Waals surface area contributed by atoms with E-state index in [1.807, 2.05) is 24.3 Å². The van der Waals surface area contributed by atoms with Crippen molar-refractivity contribution in [3.05, 3.63) is 35.4 Å². The molecule has 1 aromatic carbocycles. The smallest absolute Gasteiger partial charge is 0.229 e. The third kappa shape index (κ3) is 4.30. The van der Waals surface area contributed by atoms with Gasteiger partial charge in [-0.25, -0.2) is 0 Å². The summed E-state index contributed by atoms with van der Waals surface area (Å²) in [6.07, 6.45) is 0.972. The number of hydrogen-bond acceptors (Lipinski definition) is 2. The summed E-state index contributed by atoms with van der Waals surface area (Å²) >= 11 is 0. The number of amides is 1. The summed E-state index contributed by atoms with van der Waals surface area (Å²) in [4.78, 5) is 10.4. The fourth-order valence-electron chi connectivity index (χ4n) is 1.15. The lowest BCUT2D eigenvalue weighted by atomic mass is 10.1. The van der Waals surface area contributed by atoms with Crippen molar-refractivity contribution >= 4 is 5.91 Å². The highest BCUT2D eigenvalue weighted by Gasteiger charge is 1.91. The van der Waals surface area contributed by atoms with Crippen molar-refractivity contribution in [1.29, 1.82) is 0 Å². The molecule has 0 aromatic heterocycles. The Morgan fingerprint density at radius 2 is 1.93 bits per heavy atom. The second kappa shape index (κ2) is 5.84. The predicted molar refractivity (Wildman–Crippen MR) is 59.9 cm³/mol. The van der Waals surface area contributed by atoms with Crippen molar-refractivity contribution in [2.75, 3.05) is 6.54 Å². The third-order valence-corrected chi connectivity index (χ3v) is 1.88. The molecule has 0 aliphatic heterocycles. The molecule has 3 nitrogen and oxygen atoms in total. The molecular formula is C12H14N2O. The van der Waals surface area contributed by atoms with Gasteiger partial charge in [-0.15, -0.1) is 0 Å². The molecule has 0 bridgehead atoms. The summed E-state index contributed by atoms with van der Waals surface area (Å²) in [6.45, 7) is 0.646. The maximum Gasteiger partial charge on any atom is 0.229 e. The largest absolute Gasteiger partial charge is 0.369 e. The van der Waals surface area contributed by atoms with Crippen LogP contribution in [-0.2, 0) is 11.2 Å². The number of hydrogen-bond donors (Lipinski definition) is 2. The first kappa shape index (κ1) is 11.3. The van der Waals surface area contributed by atoms with E-state index in [2.05, 4.69) is 11.8 Å². The van der Waals surface area contributed by atoms with Gasteiger partial charge in [0.2, 0.25) is 5.91 Å². The van der Waals surface area contributed by atoms with Crippen molar-refractivity contribution < 1.29 is 4.79 Å². The molecule has 78 valence electrons. The quantitative estimate of drug-likeness (QED) is 0.697. The molecule has 15 heavy (non-hydrogen) atoms. The first-order chi connectivity index (χ1) is 7.22. The van der Waals surface area contributed by atoms with Gasteiger partial charge in [-0.1, -0.05) is 24.0 Å². The Morgan fingerprint density at radius 1 is 1.27 bits per heavy atom. The van der Waals surface area contributed by atoms with Gasteiger partial charge in [-0.2, -0.15) is 0 Å². The number of nitrogens with two attached hydrogens (primary N) is 2. The Labute approximate surface area is 89.5 Å². The highest BCUT2D eigenvalue weighted by molar-refractivity contribution is 5.76. The van der Waals surface area contributed by atoms with Crippen LogP contribution < -0.4 is 11.5 Å². The van der Waals surface area contributed by atoms with Gasteiger partial charge in [0.05, 0.1) is 6.42 Å². The lowest BCUT2D eigenvalue weighted by Crippen LogP contribution is -2.08. The van der Waals surface area contributed by atoms with Crippen LogP contribution in [0.1, 0.15) is 17.5 Å². The Balaban J connectivity index is 2.62. The number of carbonyl (C=O) groups excluding carboxylic acids is 1. The zero-order valence-corrected chi connectivity index (χ0v) is 8.49. The highest BCUT2D eigenvalue weighted by Crippen LogP contribution is 2.03. The molecule has 3 heteroatoms. The van der Waals surface area contributed by atoms with Crippen molar-refractivity contribution in [3.8, 4) is 11.8 Å². The van der Waals surface area contributed by atoms with Crippen LogP contribution in [0.3, 0.4) is 0 Å². The minimum atomic E-state index is -0.401. The Bertz CT molecular complexity index is 384. The summed E-state index contributed by atoms with van der Waals surface area (Å²) in [5.74, 6) is 5.17.